The molecule has 0 radical (unpaired) electrons. The molecule has 5 heteroatoms. The summed E-state index contributed by atoms with van der Waals surface area (Å²) in [5, 5.41) is 0.746. The van der Waals surface area contributed by atoms with Crippen LogP contribution in [-0.2, 0) is 6.42 Å². The minimum atomic E-state index is -0.0108. The molecular weight excluding hydrogens is 274 g/mol. The minimum absolute atomic E-state index is 0.0108. The molecule has 4 nitrogen and oxygen atoms in total. The number of aryl methyl sites for hydroxylation is 1. The second-order valence-corrected chi connectivity index (χ2v) is 5.05. The van der Waals surface area contributed by atoms with Gasteiger partial charge in [0, 0.05) is 17.3 Å². The molecule has 1 aromatic heterocycles. The molecule has 0 amide bonds. The van der Waals surface area contributed by atoms with Gasteiger partial charge in [0.2, 0.25) is 5.88 Å². The Morgan fingerprint density at radius 1 is 1.35 bits per heavy atom. The van der Waals surface area contributed by atoms with Crippen molar-refractivity contribution in [2.45, 2.75) is 19.4 Å². The molecule has 0 saturated carbocycles. The molecule has 2 aromatic rings. The van der Waals surface area contributed by atoms with Crippen LogP contribution in [0, 0.1) is 6.92 Å². The lowest BCUT2D eigenvalue weighted by Crippen LogP contribution is -2.29. The van der Waals surface area contributed by atoms with Gasteiger partial charge in [-0.25, -0.2) is 4.98 Å². The maximum Gasteiger partial charge on any atom is 0.212 e. The molecule has 3 N–H and O–H groups in total. The molecule has 1 atom stereocenters. The first-order chi connectivity index (χ1) is 9.63. The average molecular weight is 292 g/mol. The van der Waals surface area contributed by atoms with Crippen molar-refractivity contribution in [3.05, 3.63) is 58.2 Å². The molecule has 0 bridgehead atoms. The summed E-state index contributed by atoms with van der Waals surface area (Å²) in [5.41, 5.74) is 6.01. The highest BCUT2D eigenvalue weighted by atomic mass is 35.5. The first kappa shape index (κ1) is 14.8. The van der Waals surface area contributed by atoms with E-state index in [2.05, 4.69) is 10.4 Å². The molecule has 0 aliphatic rings. The summed E-state index contributed by atoms with van der Waals surface area (Å²) >= 11 is 6.16. The van der Waals surface area contributed by atoms with Gasteiger partial charge in [0.1, 0.15) is 0 Å². The van der Waals surface area contributed by atoms with E-state index >= 15 is 0 Å². The molecule has 1 unspecified atom stereocenters. The summed E-state index contributed by atoms with van der Waals surface area (Å²) in [6.45, 7) is 1.98. The van der Waals surface area contributed by atoms with Crippen molar-refractivity contribution < 1.29 is 4.74 Å². The van der Waals surface area contributed by atoms with Gasteiger partial charge in [-0.3, -0.25) is 11.3 Å². The topological polar surface area (TPSA) is 60.2 Å². The maximum absolute atomic E-state index is 6.16. The van der Waals surface area contributed by atoms with Gasteiger partial charge in [-0.15, -0.1) is 0 Å². The number of pyridine rings is 1. The van der Waals surface area contributed by atoms with Gasteiger partial charge in [-0.1, -0.05) is 29.8 Å². The van der Waals surface area contributed by atoms with Gasteiger partial charge >= 0.3 is 0 Å². The number of hydrazine groups is 1. The van der Waals surface area contributed by atoms with E-state index < -0.39 is 0 Å². The lowest BCUT2D eigenvalue weighted by atomic mass is 9.99. The normalized spacial score (nSPS) is 12.2. The van der Waals surface area contributed by atoms with Crippen molar-refractivity contribution in [1.29, 1.82) is 0 Å². The molecule has 2 rings (SSSR count). The summed E-state index contributed by atoms with van der Waals surface area (Å²) in [5.74, 6) is 6.26. The number of nitrogens with zero attached hydrogens (tertiary/aromatic N) is 1. The fourth-order valence-electron chi connectivity index (χ4n) is 1.99. The lowest BCUT2D eigenvalue weighted by molar-refractivity contribution is 0.397. The average Bonchev–Trinajstić information content (AvgIpc) is 2.48. The summed E-state index contributed by atoms with van der Waals surface area (Å²) in [6.07, 6.45) is 2.52. The summed E-state index contributed by atoms with van der Waals surface area (Å²) in [6, 6.07) is 9.77. The van der Waals surface area contributed by atoms with E-state index in [-0.39, 0.29) is 6.04 Å². The van der Waals surface area contributed by atoms with Crippen LogP contribution in [0.1, 0.15) is 22.7 Å². The third kappa shape index (κ3) is 3.48. The number of nitrogens with one attached hydrogen (secondary N) is 1. The van der Waals surface area contributed by atoms with Crippen LogP contribution in [0.3, 0.4) is 0 Å². The molecule has 1 aromatic carbocycles. The molecule has 106 valence electrons. The monoisotopic (exact) mass is 291 g/mol. The standard InChI is InChI=1S/C15H18ClN3O/c1-10-3-5-12(8-13(10)16)14(19-17)7-11-4-6-15(20-2)18-9-11/h3-6,8-9,14,19H,7,17H2,1-2H3. The van der Waals surface area contributed by atoms with Crippen LogP contribution < -0.4 is 16.0 Å². The number of hydrogen-bond donors (Lipinski definition) is 2. The van der Waals surface area contributed by atoms with E-state index in [1.54, 1.807) is 13.3 Å². The third-order valence-electron chi connectivity index (χ3n) is 3.25. The van der Waals surface area contributed by atoms with E-state index in [4.69, 9.17) is 22.2 Å². The van der Waals surface area contributed by atoms with E-state index in [1.165, 1.54) is 0 Å². The van der Waals surface area contributed by atoms with Crippen molar-refractivity contribution in [3.63, 3.8) is 0 Å². The molecule has 20 heavy (non-hydrogen) atoms. The highest BCUT2D eigenvalue weighted by Gasteiger charge is 2.12. The van der Waals surface area contributed by atoms with Gasteiger partial charge in [-0.05, 0) is 36.1 Å². The Kier molecular flexibility index (Phi) is 4.95. The second kappa shape index (κ2) is 6.70. The number of aromatic nitrogens is 1. The summed E-state index contributed by atoms with van der Waals surface area (Å²) < 4.78 is 5.05. The van der Waals surface area contributed by atoms with Crippen LogP contribution in [0.2, 0.25) is 5.02 Å². The first-order valence-electron chi connectivity index (χ1n) is 6.35. The Hall–Kier alpha value is -1.62. The molecular formula is C15H18ClN3O. The molecule has 1 heterocycles. The Bertz CT molecular complexity index is 572. The number of nitrogens with two attached hydrogens (primary N) is 1. The van der Waals surface area contributed by atoms with Crippen LogP contribution in [-0.4, -0.2) is 12.1 Å². The zero-order valence-electron chi connectivity index (χ0n) is 11.6. The molecule has 0 fully saturated rings. The smallest absolute Gasteiger partial charge is 0.212 e. The van der Waals surface area contributed by atoms with Gasteiger partial charge in [0.05, 0.1) is 13.2 Å². The molecule has 0 aliphatic heterocycles. The van der Waals surface area contributed by atoms with Crippen molar-refractivity contribution >= 4 is 11.6 Å². The fourth-order valence-corrected chi connectivity index (χ4v) is 2.18. The largest absolute Gasteiger partial charge is 0.481 e. The zero-order chi connectivity index (χ0) is 14.5. The zero-order valence-corrected chi connectivity index (χ0v) is 12.3. The molecule has 0 aliphatic carbocycles. The number of halogens is 1. The number of hydrogen-bond acceptors (Lipinski definition) is 4. The van der Waals surface area contributed by atoms with Crippen LogP contribution in [0.15, 0.2) is 36.5 Å². The third-order valence-corrected chi connectivity index (χ3v) is 3.65. The van der Waals surface area contributed by atoms with Crippen molar-refractivity contribution in [2.75, 3.05) is 7.11 Å². The maximum atomic E-state index is 6.16. The number of methoxy groups -OCH3 is 1. The van der Waals surface area contributed by atoms with Crippen LogP contribution in [0.4, 0.5) is 0 Å². The Balaban J connectivity index is 2.16. The van der Waals surface area contributed by atoms with E-state index in [9.17, 15) is 0 Å². The predicted molar refractivity (Wildman–Crippen MR) is 80.7 cm³/mol. The van der Waals surface area contributed by atoms with E-state index in [0.717, 1.165) is 28.1 Å². The quantitative estimate of drug-likeness (QED) is 0.657. The van der Waals surface area contributed by atoms with Gasteiger partial charge in [0.25, 0.3) is 0 Å². The van der Waals surface area contributed by atoms with E-state index in [1.807, 2.05) is 37.3 Å². The van der Waals surface area contributed by atoms with E-state index in [0.29, 0.717) is 5.88 Å². The molecule has 0 spiro atoms. The van der Waals surface area contributed by atoms with Crippen LogP contribution in [0.25, 0.3) is 0 Å². The van der Waals surface area contributed by atoms with Crippen LogP contribution >= 0.6 is 11.6 Å². The van der Waals surface area contributed by atoms with Gasteiger partial charge in [0.15, 0.2) is 0 Å². The first-order valence-corrected chi connectivity index (χ1v) is 6.73. The number of rotatable bonds is 5. The highest BCUT2D eigenvalue weighted by molar-refractivity contribution is 6.31. The second-order valence-electron chi connectivity index (χ2n) is 4.64. The number of ether oxygens (including phenoxy) is 1. The Morgan fingerprint density at radius 2 is 2.15 bits per heavy atom. The Labute approximate surface area is 123 Å². The van der Waals surface area contributed by atoms with Crippen molar-refractivity contribution in [3.8, 4) is 5.88 Å². The SMILES string of the molecule is COc1ccc(CC(NN)c2ccc(C)c(Cl)c2)cn1. The number of benzene rings is 1. The van der Waals surface area contributed by atoms with Crippen molar-refractivity contribution in [1.82, 2.24) is 10.4 Å². The highest BCUT2D eigenvalue weighted by Crippen LogP contribution is 2.23. The minimum Gasteiger partial charge on any atom is -0.481 e. The Morgan fingerprint density at radius 3 is 2.70 bits per heavy atom. The summed E-state index contributed by atoms with van der Waals surface area (Å²) in [7, 11) is 1.60. The van der Waals surface area contributed by atoms with Gasteiger partial charge < -0.3 is 4.74 Å². The molecule has 0 saturated heterocycles. The summed E-state index contributed by atoms with van der Waals surface area (Å²) in [4.78, 5) is 4.19. The lowest BCUT2D eigenvalue weighted by Gasteiger charge is -2.17. The predicted octanol–water partition coefficient (Wildman–Crippen LogP) is 2.80. The fraction of sp³-hybridized carbons (Fsp3) is 0.267. The van der Waals surface area contributed by atoms with Gasteiger partial charge in [-0.2, -0.15) is 0 Å². The van der Waals surface area contributed by atoms with Crippen LogP contribution in [0.5, 0.6) is 5.88 Å². The van der Waals surface area contributed by atoms with Crippen molar-refractivity contribution in [2.24, 2.45) is 5.84 Å².